The van der Waals surface area contributed by atoms with Gasteiger partial charge in [0.05, 0.1) is 13.0 Å². The number of ether oxygens (including phenoxy) is 1. The Morgan fingerprint density at radius 1 is 1.33 bits per heavy atom. The third kappa shape index (κ3) is 2.53. The number of hydrogen-bond acceptors (Lipinski definition) is 2. The van der Waals surface area contributed by atoms with E-state index in [1.807, 2.05) is 18.2 Å². The summed E-state index contributed by atoms with van der Waals surface area (Å²) in [6.07, 6.45) is 11.0. The van der Waals surface area contributed by atoms with Crippen LogP contribution in [0.2, 0.25) is 0 Å². The van der Waals surface area contributed by atoms with Crippen LogP contribution >= 0.6 is 0 Å². The minimum atomic E-state index is -0.141. The zero-order valence-electron chi connectivity index (χ0n) is 7.32. The summed E-state index contributed by atoms with van der Waals surface area (Å²) in [6, 6.07) is 0. The van der Waals surface area contributed by atoms with Gasteiger partial charge in [-0.1, -0.05) is 24.3 Å². The molecule has 0 unspecified atom stereocenters. The largest absolute Gasteiger partial charge is 0.469 e. The molecule has 1 aliphatic rings. The maximum Gasteiger partial charge on any atom is 0.312 e. The van der Waals surface area contributed by atoms with Crippen LogP contribution in [-0.2, 0) is 9.53 Å². The lowest BCUT2D eigenvalue weighted by atomic mass is 10.0. The quantitative estimate of drug-likeness (QED) is 0.440. The number of allylic oxidation sites excluding steroid dienone is 3. The molecule has 0 aromatic rings. The van der Waals surface area contributed by atoms with Crippen LogP contribution in [0.25, 0.3) is 0 Å². The highest BCUT2D eigenvalue weighted by Crippen LogP contribution is 2.12. The van der Waals surface area contributed by atoms with Gasteiger partial charge in [0.2, 0.25) is 0 Å². The number of hydrogen-bond donors (Lipinski definition) is 0. The lowest BCUT2D eigenvalue weighted by Crippen LogP contribution is -2.13. The fraction of sp³-hybridized carbons (Fsp3) is 0.500. The van der Waals surface area contributed by atoms with E-state index in [4.69, 9.17) is 0 Å². The van der Waals surface area contributed by atoms with Crippen molar-refractivity contribution in [2.45, 2.75) is 19.3 Å². The van der Waals surface area contributed by atoms with Crippen molar-refractivity contribution in [2.75, 3.05) is 7.11 Å². The topological polar surface area (TPSA) is 26.3 Å². The molecular weight excluding hydrogens is 152 g/mol. The maximum absolute atomic E-state index is 11.1. The molecule has 0 bridgehead atoms. The Labute approximate surface area is 72.9 Å². The van der Waals surface area contributed by atoms with Crippen LogP contribution in [0.15, 0.2) is 24.3 Å². The highest BCUT2D eigenvalue weighted by Gasteiger charge is 2.13. The molecule has 2 nitrogen and oxygen atoms in total. The van der Waals surface area contributed by atoms with Crippen molar-refractivity contribution in [1.82, 2.24) is 0 Å². The van der Waals surface area contributed by atoms with Crippen LogP contribution < -0.4 is 0 Å². The molecule has 2 heteroatoms. The van der Waals surface area contributed by atoms with E-state index in [1.54, 1.807) is 0 Å². The molecule has 0 fully saturated rings. The number of carbonyl (C=O) groups excluding carboxylic acids is 1. The molecule has 1 aliphatic carbocycles. The molecule has 1 atom stereocenters. The second kappa shape index (κ2) is 4.75. The van der Waals surface area contributed by atoms with Gasteiger partial charge in [-0.25, -0.2) is 0 Å². The molecule has 0 aromatic carbocycles. The number of carbonyl (C=O) groups is 1. The fourth-order valence-corrected chi connectivity index (χ4v) is 1.22. The lowest BCUT2D eigenvalue weighted by Gasteiger charge is -2.08. The average Bonchev–Trinajstić information content (AvgIpc) is 2.02. The summed E-state index contributed by atoms with van der Waals surface area (Å²) in [5.41, 5.74) is 0. The van der Waals surface area contributed by atoms with Crippen molar-refractivity contribution in [3.05, 3.63) is 24.3 Å². The van der Waals surface area contributed by atoms with Gasteiger partial charge < -0.3 is 4.74 Å². The van der Waals surface area contributed by atoms with Gasteiger partial charge in [0.25, 0.3) is 0 Å². The zero-order valence-corrected chi connectivity index (χ0v) is 7.32. The second-order valence-electron chi connectivity index (χ2n) is 2.84. The SMILES string of the molecule is COC(=O)[C@@H]1/C=C\CC/C=C\C1. The summed E-state index contributed by atoms with van der Waals surface area (Å²) in [5.74, 6) is -0.218. The van der Waals surface area contributed by atoms with Crippen molar-refractivity contribution in [3.8, 4) is 0 Å². The smallest absolute Gasteiger partial charge is 0.312 e. The Morgan fingerprint density at radius 2 is 2.08 bits per heavy atom. The molecule has 0 aromatic heterocycles. The van der Waals surface area contributed by atoms with Crippen LogP contribution in [0, 0.1) is 5.92 Å². The van der Waals surface area contributed by atoms with E-state index in [0.29, 0.717) is 0 Å². The number of methoxy groups -OCH3 is 1. The monoisotopic (exact) mass is 166 g/mol. The normalized spacial score (nSPS) is 28.2. The maximum atomic E-state index is 11.1. The van der Waals surface area contributed by atoms with E-state index < -0.39 is 0 Å². The van der Waals surface area contributed by atoms with E-state index in [0.717, 1.165) is 19.3 Å². The van der Waals surface area contributed by atoms with Crippen LogP contribution in [0.3, 0.4) is 0 Å². The molecule has 12 heavy (non-hydrogen) atoms. The van der Waals surface area contributed by atoms with E-state index in [-0.39, 0.29) is 11.9 Å². The first kappa shape index (κ1) is 9.04. The summed E-state index contributed by atoms with van der Waals surface area (Å²) < 4.78 is 4.66. The molecular formula is C10H14O2. The first-order valence-electron chi connectivity index (χ1n) is 4.24. The molecule has 0 saturated carbocycles. The van der Waals surface area contributed by atoms with Gasteiger partial charge in [-0.2, -0.15) is 0 Å². The Kier molecular flexibility index (Phi) is 3.58. The molecule has 0 spiro atoms. The molecule has 0 saturated heterocycles. The van der Waals surface area contributed by atoms with Gasteiger partial charge >= 0.3 is 5.97 Å². The summed E-state index contributed by atoms with van der Waals surface area (Å²) >= 11 is 0. The summed E-state index contributed by atoms with van der Waals surface area (Å²) in [6.45, 7) is 0. The van der Waals surface area contributed by atoms with Gasteiger partial charge in [0.1, 0.15) is 0 Å². The van der Waals surface area contributed by atoms with Crippen molar-refractivity contribution in [3.63, 3.8) is 0 Å². The summed E-state index contributed by atoms with van der Waals surface area (Å²) in [5, 5.41) is 0. The predicted molar refractivity (Wildman–Crippen MR) is 47.6 cm³/mol. The van der Waals surface area contributed by atoms with Crippen LogP contribution in [0.4, 0.5) is 0 Å². The Bertz CT molecular complexity index is 204. The minimum Gasteiger partial charge on any atom is -0.469 e. The molecule has 0 amide bonds. The van der Waals surface area contributed by atoms with Gasteiger partial charge in [0.15, 0.2) is 0 Å². The fourth-order valence-electron chi connectivity index (χ4n) is 1.22. The molecule has 0 heterocycles. The predicted octanol–water partition coefficient (Wildman–Crippen LogP) is 2.07. The number of rotatable bonds is 1. The molecule has 0 aliphatic heterocycles. The third-order valence-electron chi connectivity index (χ3n) is 1.93. The standard InChI is InChI=1S/C10H14O2/c1-12-10(11)9-7-5-3-2-4-6-8-9/h3,5-6,8-9H,2,4,7H2,1H3/b5-3-,8-6-/t9-/m0/s1. The number of esters is 1. The Hall–Kier alpha value is -1.05. The molecule has 66 valence electrons. The van der Waals surface area contributed by atoms with Crippen molar-refractivity contribution in [1.29, 1.82) is 0 Å². The highest BCUT2D eigenvalue weighted by atomic mass is 16.5. The van der Waals surface area contributed by atoms with Crippen molar-refractivity contribution >= 4 is 5.97 Å². The third-order valence-corrected chi connectivity index (χ3v) is 1.93. The van der Waals surface area contributed by atoms with Gasteiger partial charge in [-0.3, -0.25) is 4.79 Å². The molecule has 0 radical (unpaired) electrons. The van der Waals surface area contributed by atoms with E-state index in [1.165, 1.54) is 7.11 Å². The van der Waals surface area contributed by atoms with E-state index in [9.17, 15) is 4.79 Å². The first-order chi connectivity index (χ1) is 5.84. The lowest BCUT2D eigenvalue weighted by molar-refractivity contribution is -0.143. The van der Waals surface area contributed by atoms with Crippen molar-refractivity contribution < 1.29 is 9.53 Å². The summed E-state index contributed by atoms with van der Waals surface area (Å²) in [4.78, 5) is 11.1. The highest BCUT2D eigenvalue weighted by molar-refractivity contribution is 5.74. The van der Waals surface area contributed by atoms with Crippen LogP contribution in [0.5, 0.6) is 0 Å². The second-order valence-corrected chi connectivity index (χ2v) is 2.84. The van der Waals surface area contributed by atoms with Crippen LogP contribution in [-0.4, -0.2) is 13.1 Å². The first-order valence-corrected chi connectivity index (χ1v) is 4.24. The average molecular weight is 166 g/mol. The summed E-state index contributed by atoms with van der Waals surface area (Å²) in [7, 11) is 1.43. The van der Waals surface area contributed by atoms with Gasteiger partial charge in [0, 0.05) is 0 Å². The molecule has 0 N–H and O–H groups in total. The van der Waals surface area contributed by atoms with Gasteiger partial charge in [-0.15, -0.1) is 0 Å². The Morgan fingerprint density at radius 3 is 2.83 bits per heavy atom. The van der Waals surface area contributed by atoms with E-state index in [2.05, 4.69) is 10.8 Å². The van der Waals surface area contributed by atoms with Gasteiger partial charge in [-0.05, 0) is 19.3 Å². The van der Waals surface area contributed by atoms with E-state index >= 15 is 0 Å². The Balaban J connectivity index is 2.55. The molecule has 1 rings (SSSR count). The zero-order chi connectivity index (χ0) is 8.81. The van der Waals surface area contributed by atoms with Crippen molar-refractivity contribution in [2.24, 2.45) is 5.92 Å². The minimum absolute atomic E-state index is 0.0773. The van der Waals surface area contributed by atoms with Crippen LogP contribution in [0.1, 0.15) is 19.3 Å².